The first-order valence-electron chi connectivity index (χ1n) is 18.1. The van der Waals surface area contributed by atoms with E-state index in [1.54, 1.807) is 12.1 Å². The van der Waals surface area contributed by atoms with Gasteiger partial charge in [0.1, 0.15) is 0 Å². The van der Waals surface area contributed by atoms with E-state index in [9.17, 15) is 14.7 Å². The molecule has 0 heterocycles. The zero-order valence-corrected chi connectivity index (χ0v) is 29.6. The summed E-state index contributed by atoms with van der Waals surface area (Å²) in [7, 11) is 1.48. The van der Waals surface area contributed by atoms with E-state index in [1.165, 1.54) is 75.2 Å². The maximum Gasteiger partial charge on any atom is 0.335 e. The Morgan fingerprint density at radius 2 is 1.65 bits per heavy atom. The predicted molar refractivity (Wildman–Crippen MR) is 185 cm³/mol. The highest BCUT2D eigenvalue weighted by atomic mass is 16.5. The minimum atomic E-state index is -0.867. The van der Waals surface area contributed by atoms with Crippen LogP contribution in [0.15, 0.2) is 42.5 Å². The topological polar surface area (TPSA) is 75.6 Å². The molecule has 5 heteroatoms. The van der Waals surface area contributed by atoms with Gasteiger partial charge in [0.2, 0.25) is 0 Å². The van der Waals surface area contributed by atoms with Gasteiger partial charge in [0.05, 0.1) is 19.1 Å². The molecule has 1 aromatic rings. The molecule has 2 N–H and O–H groups in total. The highest BCUT2D eigenvalue weighted by molar-refractivity contribution is 5.88. The summed E-state index contributed by atoms with van der Waals surface area (Å²) >= 11 is 0. The summed E-state index contributed by atoms with van der Waals surface area (Å²) in [5.74, 6) is 2.21. The molecule has 9 unspecified atom stereocenters. The van der Waals surface area contributed by atoms with E-state index in [0.29, 0.717) is 58.9 Å². The number of benzene rings is 1. The van der Waals surface area contributed by atoms with Crippen LogP contribution in [0.5, 0.6) is 0 Å². The van der Waals surface area contributed by atoms with Crippen molar-refractivity contribution in [3.63, 3.8) is 0 Å². The first-order valence-corrected chi connectivity index (χ1v) is 18.1. The van der Waals surface area contributed by atoms with E-state index in [2.05, 4.69) is 59.5 Å². The van der Waals surface area contributed by atoms with Crippen LogP contribution in [0.3, 0.4) is 0 Å². The lowest BCUT2D eigenvalue weighted by Crippen LogP contribution is -2.65. The minimum Gasteiger partial charge on any atom is -0.478 e. The first-order chi connectivity index (χ1) is 21.6. The molecule has 5 nitrogen and oxygen atoms in total. The third-order valence-electron chi connectivity index (χ3n) is 15.5. The zero-order valence-electron chi connectivity index (χ0n) is 29.6. The van der Waals surface area contributed by atoms with Gasteiger partial charge in [0, 0.05) is 13.1 Å². The molecule has 4 fully saturated rings. The number of hydrogen-bond donors (Lipinski definition) is 2. The van der Waals surface area contributed by atoms with Crippen LogP contribution in [0, 0.1) is 56.7 Å². The monoisotopic (exact) mass is 629 g/mol. The Morgan fingerprint density at radius 3 is 2.30 bits per heavy atom. The number of allylic oxidation sites excluding steroid dienone is 3. The number of carboxylic acid groups (broad SMARTS) is 1. The summed E-state index contributed by atoms with van der Waals surface area (Å²) in [6.45, 7) is 21.5. The highest BCUT2D eigenvalue weighted by Crippen LogP contribution is 2.77. The number of hydrogen-bond acceptors (Lipinski definition) is 4. The number of esters is 1. The van der Waals surface area contributed by atoms with Gasteiger partial charge in [0.25, 0.3) is 0 Å². The van der Waals surface area contributed by atoms with Crippen molar-refractivity contribution in [1.29, 1.82) is 0 Å². The average Bonchev–Trinajstić information content (AvgIpc) is 3.39. The second kappa shape index (κ2) is 11.6. The van der Waals surface area contributed by atoms with Gasteiger partial charge in [0.15, 0.2) is 0 Å². The van der Waals surface area contributed by atoms with Crippen LogP contribution in [0.1, 0.15) is 122 Å². The van der Waals surface area contributed by atoms with Crippen molar-refractivity contribution in [2.75, 3.05) is 20.2 Å². The first kappa shape index (κ1) is 33.5. The fourth-order valence-electron chi connectivity index (χ4n) is 13.1. The van der Waals surface area contributed by atoms with E-state index < -0.39 is 5.97 Å². The lowest BCUT2D eigenvalue weighted by Gasteiger charge is -2.72. The standard InChI is InChI=1S/C41H59NO4/c1-26(2)29-15-21-41(25-42-24-18-34(43)46-8)23-22-39(6)31(35(29)41)13-14-33-38(5)19-16-30(27-9-11-28(12-10-27)36(44)45)37(3,4)32(38)17-20-40(33,39)7/h9-12,16,29,31-33,35,42H,1,13-15,17-25H2,2-8H3,(H,44,45). The predicted octanol–water partition coefficient (Wildman–Crippen LogP) is 9.19. The molecule has 0 spiro atoms. The number of ether oxygens (including phenoxy) is 1. The molecule has 252 valence electrons. The van der Waals surface area contributed by atoms with Crippen molar-refractivity contribution in [3.05, 3.63) is 53.6 Å². The Morgan fingerprint density at radius 1 is 0.935 bits per heavy atom. The Bertz CT molecular complexity index is 1410. The second-order valence-corrected chi connectivity index (χ2v) is 17.5. The van der Waals surface area contributed by atoms with Crippen LogP contribution in [0.4, 0.5) is 0 Å². The van der Waals surface area contributed by atoms with Crippen molar-refractivity contribution in [2.24, 2.45) is 56.7 Å². The zero-order chi connectivity index (χ0) is 33.3. The number of carboxylic acids is 1. The molecule has 0 bridgehead atoms. The molecule has 0 radical (unpaired) electrons. The van der Waals surface area contributed by atoms with E-state index in [4.69, 9.17) is 4.74 Å². The lowest BCUT2D eigenvalue weighted by molar-refractivity contribution is -0.225. The van der Waals surface area contributed by atoms with Gasteiger partial charge in [-0.05, 0) is 145 Å². The van der Waals surface area contributed by atoms with Crippen molar-refractivity contribution < 1.29 is 19.4 Å². The van der Waals surface area contributed by atoms with Crippen LogP contribution in [0.2, 0.25) is 0 Å². The number of carbonyl (C=O) groups excluding carboxylic acids is 1. The molecule has 4 saturated carbocycles. The fraction of sp³-hybridized carbons (Fsp3) is 0.707. The molecule has 9 atom stereocenters. The maximum atomic E-state index is 11.8. The van der Waals surface area contributed by atoms with E-state index in [1.807, 2.05) is 12.1 Å². The quantitative estimate of drug-likeness (QED) is 0.170. The summed E-state index contributed by atoms with van der Waals surface area (Å²) < 4.78 is 4.91. The number of methoxy groups -OCH3 is 1. The second-order valence-electron chi connectivity index (χ2n) is 17.5. The van der Waals surface area contributed by atoms with Gasteiger partial charge in [-0.25, -0.2) is 4.79 Å². The third kappa shape index (κ3) is 4.88. The lowest BCUT2D eigenvalue weighted by atomic mass is 9.32. The molecule has 5 aliphatic carbocycles. The Balaban J connectivity index is 1.30. The summed E-state index contributed by atoms with van der Waals surface area (Å²) in [6, 6.07) is 7.58. The molecule has 5 aliphatic rings. The van der Waals surface area contributed by atoms with Gasteiger partial charge in [-0.15, -0.1) is 0 Å². The number of aromatic carboxylic acids is 1. The summed E-state index contributed by atoms with van der Waals surface area (Å²) in [4.78, 5) is 23.3. The Hall–Kier alpha value is -2.40. The van der Waals surface area contributed by atoms with Gasteiger partial charge >= 0.3 is 11.9 Å². The van der Waals surface area contributed by atoms with Gasteiger partial charge < -0.3 is 15.2 Å². The summed E-state index contributed by atoms with van der Waals surface area (Å²) in [5.41, 5.74) is 5.43. The van der Waals surface area contributed by atoms with Crippen LogP contribution in [0.25, 0.3) is 5.57 Å². The average molecular weight is 630 g/mol. The van der Waals surface area contributed by atoms with E-state index in [0.717, 1.165) is 13.0 Å². The van der Waals surface area contributed by atoms with Crippen LogP contribution >= 0.6 is 0 Å². The Kier molecular flexibility index (Phi) is 8.47. The smallest absolute Gasteiger partial charge is 0.335 e. The maximum absolute atomic E-state index is 11.8. The summed E-state index contributed by atoms with van der Waals surface area (Å²) in [5, 5.41) is 13.2. The molecule has 6 rings (SSSR count). The molecule has 1 aromatic carbocycles. The molecular formula is C41H59NO4. The van der Waals surface area contributed by atoms with Crippen LogP contribution < -0.4 is 5.32 Å². The fourth-order valence-corrected chi connectivity index (χ4v) is 13.1. The SMILES string of the molecule is C=C(C)C1CCC2(CNCCC(=O)OC)CCC3(C)C(CCC4C5(C)CC=C(c6ccc(C(=O)O)cc6)C(C)(C)C5CCC43C)C12. The molecule has 0 aromatic heterocycles. The van der Waals surface area contributed by atoms with Gasteiger partial charge in [-0.1, -0.05) is 65.0 Å². The normalized spacial score (nSPS) is 40.8. The van der Waals surface area contributed by atoms with E-state index >= 15 is 0 Å². The third-order valence-corrected chi connectivity index (χ3v) is 15.5. The number of fused-ring (bicyclic) bond motifs is 7. The van der Waals surface area contributed by atoms with Crippen LogP contribution in [-0.4, -0.2) is 37.2 Å². The van der Waals surface area contributed by atoms with Crippen LogP contribution in [-0.2, 0) is 9.53 Å². The van der Waals surface area contributed by atoms with Crippen molar-refractivity contribution in [3.8, 4) is 0 Å². The highest BCUT2D eigenvalue weighted by Gasteiger charge is 2.70. The minimum absolute atomic E-state index is 0.0188. The van der Waals surface area contributed by atoms with Crippen molar-refractivity contribution in [2.45, 2.75) is 106 Å². The number of rotatable bonds is 8. The number of nitrogens with one attached hydrogen (secondary N) is 1. The molecule has 0 saturated heterocycles. The van der Waals surface area contributed by atoms with E-state index in [-0.39, 0.29) is 22.2 Å². The Labute approximate surface area is 278 Å². The molecule has 46 heavy (non-hydrogen) atoms. The molecule has 0 aliphatic heterocycles. The van der Waals surface area contributed by atoms with Crippen molar-refractivity contribution >= 4 is 17.5 Å². The largest absolute Gasteiger partial charge is 0.478 e. The number of carbonyl (C=O) groups is 2. The summed E-state index contributed by atoms with van der Waals surface area (Å²) in [6.07, 6.45) is 14.3. The van der Waals surface area contributed by atoms with Gasteiger partial charge in [-0.2, -0.15) is 0 Å². The molecular weight excluding hydrogens is 570 g/mol. The van der Waals surface area contributed by atoms with Crippen molar-refractivity contribution in [1.82, 2.24) is 5.32 Å². The van der Waals surface area contributed by atoms with Gasteiger partial charge in [-0.3, -0.25) is 4.79 Å². The molecule has 0 amide bonds.